The summed E-state index contributed by atoms with van der Waals surface area (Å²) in [4.78, 5) is 7.40. The second kappa shape index (κ2) is 12.2. The van der Waals surface area contributed by atoms with Crippen LogP contribution in [0.1, 0.15) is 70.0 Å². The number of halogens is 1. The average Bonchev–Trinajstić information content (AvgIpc) is 3.49. The largest absolute Gasteiger partial charge is 0.469 e. The molecule has 6 heteroatoms. The van der Waals surface area contributed by atoms with Gasteiger partial charge in [-0.25, -0.2) is 0 Å². The number of hydrogen-bond donors (Lipinski definition) is 1. The molecule has 1 aromatic heterocycles. The monoisotopic (exact) mass is 515 g/mol. The minimum atomic E-state index is 0. The molecule has 1 saturated heterocycles. The van der Waals surface area contributed by atoms with Gasteiger partial charge in [-0.15, -0.1) is 24.0 Å². The molecule has 4 rings (SSSR count). The molecular weight excluding hydrogens is 477 g/mol. The first-order valence-corrected chi connectivity index (χ1v) is 11.6. The van der Waals surface area contributed by atoms with Gasteiger partial charge >= 0.3 is 0 Å². The number of aliphatic imine (C=N–C) groups is 1. The number of nitrogens with zero attached hydrogens (tertiary/aromatic N) is 2. The molecule has 1 N–H and O–H groups in total. The van der Waals surface area contributed by atoms with Crippen LogP contribution in [-0.4, -0.2) is 49.2 Å². The summed E-state index contributed by atoms with van der Waals surface area (Å²) in [6, 6.07) is 4.58. The van der Waals surface area contributed by atoms with Gasteiger partial charge in [0.2, 0.25) is 0 Å². The first-order chi connectivity index (χ1) is 13.9. The van der Waals surface area contributed by atoms with Crippen molar-refractivity contribution in [2.45, 2.75) is 82.8 Å². The van der Waals surface area contributed by atoms with Gasteiger partial charge in [-0.1, -0.05) is 25.7 Å². The molecule has 0 bridgehead atoms. The Hall–Kier alpha value is -0.760. The highest BCUT2D eigenvalue weighted by atomic mass is 127. The van der Waals surface area contributed by atoms with E-state index in [1.807, 2.05) is 12.1 Å². The van der Waals surface area contributed by atoms with E-state index < -0.39 is 0 Å². The topological polar surface area (TPSA) is 50.0 Å². The van der Waals surface area contributed by atoms with E-state index in [0.717, 1.165) is 63.1 Å². The van der Waals surface area contributed by atoms with Gasteiger partial charge in [0, 0.05) is 38.7 Å². The van der Waals surface area contributed by atoms with Crippen molar-refractivity contribution in [1.82, 2.24) is 10.2 Å². The zero-order valence-electron chi connectivity index (χ0n) is 17.7. The number of likely N-dealkylation sites (tertiary alicyclic amines) is 1. The normalized spacial score (nSPS) is 22.2. The lowest BCUT2D eigenvalue weighted by Gasteiger charge is -2.35. The number of piperidine rings is 1. The Morgan fingerprint density at radius 1 is 1.07 bits per heavy atom. The Morgan fingerprint density at radius 2 is 1.79 bits per heavy atom. The highest BCUT2D eigenvalue weighted by Crippen LogP contribution is 2.26. The van der Waals surface area contributed by atoms with Crippen molar-refractivity contribution < 1.29 is 9.15 Å². The van der Waals surface area contributed by atoms with E-state index in [1.165, 1.54) is 51.4 Å². The van der Waals surface area contributed by atoms with E-state index >= 15 is 0 Å². The van der Waals surface area contributed by atoms with E-state index in [2.05, 4.69) is 10.2 Å². The molecule has 0 amide bonds. The number of nitrogens with one attached hydrogen (secondary N) is 1. The van der Waals surface area contributed by atoms with E-state index in [-0.39, 0.29) is 24.0 Å². The molecule has 29 heavy (non-hydrogen) atoms. The fourth-order valence-electron chi connectivity index (χ4n) is 4.90. The summed E-state index contributed by atoms with van der Waals surface area (Å²) >= 11 is 0. The molecule has 0 radical (unpaired) electrons. The molecule has 164 valence electrons. The molecule has 3 aliphatic rings. The first-order valence-electron chi connectivity index (χ1n) is 11.6. The Kier molecular flexibility index (Phi) is 9.62. The molecule has 1 aromatic rings. The van der Waals surface area contributed by atoms with Crippen LogP contribution >= 0.6 is 24.0 Å². The fourth-order valence-corrected chi connectivity index (χ4v) is 4.90. The summed E-state index contributed by atoms with van der Waals surface area (Å²) in [5.74, 6) is 2.94. The van der Waals surface area contributed by atoms with Crippen molar-refractivity contribution in [3.8, 4) is 0 Å². The lowest BCUT2D eigenvalue weighted by Crippen LogP contribution is -2.49. The molecular formula is C23H38IN3O2. The number of hydrogen-bond acceptors (Lipinski definition) is 3. The number of furan rings is 1. The summed E-state index contributed by atoms with van der Waals surface area (Å²) in [7, 11) is 0. The molecule has 5 nitrogen and oxygen atoms in total. The van der Waals surface area contributed by atoms with Gasteiger partial charge in [0.1, 0.15) is 5.76 Å². The van der Waals surface area contributed by atoms with Crippen LogP contribution in [0.4, 0.5) is 0 Å². The lowest BCUT2D eigenvalue weighted by molar-refractivity contribution is 0.000932. The van der Waals surface area contributed by atoms with E-state index in [0.29, 0.717) is 12.1 Å². The van der Waals surface area contributed by atoms with Crippen molar-refractivity contribution >= 4 is 29.9 Å². The third-order valence-corrected chi connectivity index (χ3v) is 6.67. The molecule has 3 fully saturated rings. The predicted molar refractivity (Wildman–Crippen MR) is 128 cm³/mol. The van der Waals surface area contributed by atoms with Crippen molar-refractivity contribution in [3.63, 3.8) is 0 Å². The van der Waals surface area contributed by atoms with Gasteiger partial charge in [-0.3, -0.25) is 4.99 Å². The van der Waals surface area contributed by atoms with Crippen LogP contribution in [-0.2, 0) is 11.2 Å². The zero-order chi connectivity index (χ0) is 19.0. The van der Waals surface area contributed by atoms with Crippen LogP contribution in [0.3, 0.4) is 0 Å². The van der Waals surface area contributed by atoms with Gasteiger partial charge in [0.05, 0.1) is 12.4 Å². The summed E-state index contributed by atoms with van der Waals surface area (Å²) < 4.78 is 11.7. The molecule has 2 heterocycles. The van der Waals surface area contributed by atoms with Crippen LogP contribution in [0.15, 0.2) is 27.8 Å². The van der Waals surface area contributed by atoms with Gasteiger partial charge in [0.25, 0.3) is 0 Å². The van der Waals surface area contributed by atoms with Crippen molar-refractivity contribution in [2.75, 3.05) is 26.2 Å². The van der Waals surface area contributed by atoms with Gasteiger partial charge in [0.15, 0.2) is 5.96 Å². The summed E-state index contributed by atoms with van der Waals surface area (Å²) in [6.07, 6.45) is 16.1. The highest BCUT2D eigenvalue weighted by molar-refractivity contribution is 14.0. The van der Waals surface area contributed by atoms with E-state index in [1.54, 1.807) is 6.26 Å². The molecule has 2 aliphatic carbocycles. The molecule has 1 aliphatic heterocycles. The fraction of sp³-hybridized carbons (Fsp3) is 0.783. The Balaban J connectivity index is 0.00000240. The van der Waals surface area contributed by atoms with Gasteiger partial charge in [-0.05, 0) is 56.6 Å². The van der Waals surface area contributed by atoms with Crippen LogP contribution in [0.2, 0.25) is 0 Å². The van der Waals surface area contributed by atoms with Crippen molar-refractivity contribution in [3.05, 3.63) is 24.2 Å². The Labute approximate surface area is 193 Å². The summed E-state index contributed by atoms with van der Waals surface area (Å²) in [5, 5.41) is 3.76. The maximum Gasteiger partial charge on any atom is 0.194 e. The Morgan fingerprint density at radius 3 is 2.48 bits per heavy atom. The first kappa shape index (κ1) is 22.9. The van der Waals surface area contributed by atoms with Crippen LogP contribution < -0.4 is 5.32 Å². The molecule has 2 saturated carbocycles. The molecule has 0 aromatic carbocycles. The lowest BCUT2D eigenvalue weighted by atomic mass is 10.1. The van der Waals surface area contributed by atoms with Gasteiger partial charge < -0.3 is 19.4 Å². The van der Waals surface area contributed by atoms with Crippen LogP contribution in [0.5, 0.6) is 0 Å². The number of rotatable bonds is 7. The average molecular weight is 515 g/mol. The van der Waals surface area contributed by atoms with E-state index in [9.17, 15) is 0 Å². The maximum atomic E-state index is 6.26. The third-order valence-electron chi connectivity index (χ3n) is 6.67. The molecule has 0 atom stereocenters. The summed E-state index contributed by atoms with van der Waals surface area (Å²) in [6.45, 7) is 3.86. The van der Waals surface area contributed by atoms with E-state index in [4.69, 9.17) is 14.1 Å². The Bertz CT molecular complexity index is 587. The molecule has 0 spiro atoms. The molecule has 0 unspecified atom stereocenters. The van der Waals surface area contributed by atoms with Crippen LogP contribution in [0.25, 0.3) is 0 Å². The smallest absolute Gasteiger partial charge is 0.194 e. The second-order valence-corrected chi connectivity index (χ2v) is 8.83. The summed E-state index contributed by atoms with van der Waals surface area (Å²) in [5.41, 5.74) is 0. The minimum absolute atomic E-state index is 0. The standard InChI is InChI=1S/C23H37N3O2.HI/c1-2-7-19(6-1)18-28-22-12-15-26(16-13-22)23(25-20-8-3-4-9-20)24-14-11-21-10-5-17-27-21;/h5,10,17,19-20,22H,1-4,6-9,11-16,18H2,(H,24,25);1H. The SMILES string of the molecule is I.c1coc(CCN=C(NC2CCCC2)N2CCC(OCC3CCCC3)CC2)c1. The van der Waals surface area contributed by atoms with Crippen LogP contribution in [0, 0.1) is 5.92 Å². The minimum Gasteiger partial charge on any atom is -0.469 e. The van der Waals surface area contributed by atoms with Crippen molar-refractivity contribution in [2.24, 2.45) is 10.9 Å². The number of guanidine groups is 1. The quantitative estimate of drug-likeness (QED) is 0.316. The zero-order valence-corrected chi connectivity index (χ0v) is 20.0. The highest BCUT2D eigenvalue weighted by Gasteiger charge is 2.26. The maximum absolute atomic E-state index is 6.26. The number of ether oxygens (including phenoxy) is 1. The van der Waals surface area contributed by atoms with Crippen molar-refractivity contribution in [1.29, 1.82) is 0 Å². The third kappa shape index (κ3) is 7.16. The predicted octanol–water partition coefficient (Wildman–Crippen LogP) is 5.00. The second-order valence-electron chi connectivity index (χ2n) is 8.83. The van der Waals surface area contributed by atoms with Gasteiger partial charge in [-0.2, -0.15) is 0 Å².